The van der Waals surface area contributed by atoms with Crippen LogP contribution in [0.5, 0.6) is 0 Å². The molecule has 2 N–H and O–H groups in total. The molecule has 4 aromatic rings. The summed E-state index contributed by atoms with van der Waals surface area (Å²) < 4.78 is 8.49. The lowest BCUT2D eigenvalue weighted by atomic mass is 9.94. The number of hydrogen-bond donors (Lipinski definition) is 2. The third kappa shape index (κ3) is 6.73. The minimum atomic E-state index is -0.359. The molecule has 0 aliphatic heterocycles. The molecule has 0 bridgehead atoms. The van der Waals surface area contributed by atoms with Gasteiger partial charge >= 0.3 is 0 Å². The summed E-state index contributed by atoms with van der Waals surface area (Å²) in [4.78, 5) is 32.7. The van der Waals surface area contributed by atoms with Gasteiger partial charge in [-0.25, -0.2) is 9.97 Å². The molecule has 4 rings (SSSR count). The number of carbonyl (C=O) groups excluding carboxylic acids is 1. The Kier molecular flexibility index (Phi) is 7.76. The molecule has 0 unspecified atom stereocenters. The summed E-state index contributed by atoms with van der Waals surface area (Å²) >= 11 is 3.19. The summed E-state index contributed by atoms with van der Waals surface area (Å²) in [5.74, 6) is 1.86. The number of carbonyl (C=O) groups is 1. The van der Waals surface area contributed by atoms with Gasteiger partial charge in [0.1, 0.15) is 5.76 Å². The average Bonchev–Trinajstić information content (AvgIpc) is 3.49. The standard InChI is InChI=1S/C26H27N5O3S2/c1-5-21(32)29-19-9-10-31(23(33)12-19)15-17-7-6-8-18(11-17)30-25-28-14-24(36-25)35-16-22-27-13-20(34-22)26(2,3)4/h5-14H,1,15-16H2,2-4H3,(H,28,30)(H,29,32). The van der Waals surface area contributed by atoms with Crippen molar-refractivity contribution in [3.05, 3.63) is 95.2 Å². The highest BCUT2D eigenvalue weighted by molar-refractivity contribution is 8.00. The van der Waals surface area contributed by atoms with Crippen LogP contribution in [0.3, 0.4) is 0 Å². The maximum Gasteiger partial charge on any atom is 0.252 e. The van der Waals surface area contributed by atoms with Gasteiger partial charge < -0.3 is 19.6 Å². The van der Waals surface area contributed by atoms with E-state index in [9.17, 15) is 9.59 Å². The molecule has 186 valence electrons. The van der Waals surface area contributed by atoms with Crippen molar-refractivity contribution in [2.24, 2.45) is 0 Å². The predicted octanol–water partition coefficient (Wildman–Crippen LogP) is 5.80. The normalized spacial score (nSPS) is 11.3. The number of nitrogens with zero attached hydrogens (tertiary/aromatic N) is 3. The lowest BCUT2D eigenvalue weighted by molar-refractivity contribution is -0.111. The van der Waals surface area contributed by atoms with E-state index in [4.69, 9.17) is 4.42 Å². The first-order valence-electron chi connectivity index (χ1n) is 11.2. The van der Waals surface area contributed by atoms with E-state index in [-0.39, 0.29) is 16.9 Å². The number of aromatic nitrogens is 3. The second-order valence-corrected chi connectivity index (χ2v) is 11.3. The molecule has 3 heterocycles. The number of nitrogens with one attached hydrogen (secondary N) is 2. The van der Waals surface area contributed by atoms with Crippen molar-refractivity contribution in [2.45, 2.75) is 42.7 Å². The van der Waals surface area contributed by atoms with Crippen LogP contribution in [0.4, 0.5) is 16.5 Å². The van der Waals surface area contributed by atoms with Crippen LogP contribution < -0.4 is 16.2 Å². The van der Waals surface area contributed by atoms with Crippen LogP contribution in [0, 0.1) is 0 Å². The lowest BCUT2D eigenvalue weighted by Gasteiger charge is -2.12. The third-order valence-corrected chi connectivity index (χ3v) is 7.19. The quantitative estimate of drug-likeness (QED) is 0.212. The number of thioether (sulfide) groups is 1. The van der Waals surface area contributed by atoms with Crippen molar-refractivity contribution in [2.75, 3.05) is 10.6 Å². The topological polar surface area (TPSA) is 102 Å². The summed E-state index contributed by atoms with van der Waals surface area (Å²) in [7, 11) is 0. The Morgan fingerprint density at radius 2 is 2.03 bits per heavy atom. The van der Waals surface area contributed by atoms with Crippen LogP contribution in [-0.2, 0) is 22.5 Å². The van der Waals surface area contributed by atoms with Gasteiger partial charge in [0.25, 0.3) is 5.56 Å². The summed E-state index contributed by atoms with van der Waals surface area (Å²) in [5, 5.41) is 6.70. The summed E-state index contributed by atoms with van der Waals surface area (Å²) in [6.07, 6.45) is 6.45. The van der Waals surface area contributed by atoms with E-state index in [0.717, 1.165) is 32.4 Å². The van der Waals surface area contributed by atoms with E-state index in [1.54, 1.807) is 46.1 Å². The van der Waals surface area contributed by atoms with Crippen LogP contribution in [0.2, 0.25) is 0 Å². The smallest absolute Gasteiger partial charge is 0.252 e. The number of rotatable bonds is 9. The number of pyridine rings is 1. The Hall–Kier alpha value is -3.63. The summed E-state index contributed by atoms with van der Waals surface area (Å²) in [6, 6.07) is 10.9. The Morgan fingerprint density at radius 1 is 1.19 bits per heavy atom. The van der Waals surface area contributed by atoms with Gasteiger partial charge in [0.05, 0.1) is 28.9 Å². The number of benzene rings is 1. The molecule has 1 amide bonds. The molecular formula is C26H27N5O3S2. The van der Waals surface area contributed by atoms with Crippen molar-refractivity contribution < 1.29 is 9.21 Å². The van der Waals surface area contributed by atoms with Crippen LogP contribution >= 0.6 is 23.1 Å². The van der Waals surface area contributed by atoms with Gasteiger partial charge in [-0.05, 0) is 29.8 Å². The van der Waals surface area contributed by atoms with Crippen molar-refractivity contribution in [3.8, 4) is 0 Å². The van der Waals surface area contributed by atoms with Crippen LogP contribution in [0.25, 0.3) is 0 Å². The molecule has 0 saturated heterocycles. The van der Waals surface area contributed by atoms with Gasteiger partial charge in [0, 0.05) is 29.1 Å². The summed E-state index contributed by atoms with van der Waals surface area (Å²) in [6.45, 7) is 10.1. The first-order chi connectivity index (χ1) is 17.2. The molecule has 1 aromatic carbocycles. The number of oxazole rings is 1. The Labute approximate surface area is 217 Å². The number of anilines is 3. The average molecular weight is 522 g/mol. The molecule has 0 fully saturated rings. The fraction of sp³-hybridized carbons (Fsp3) is 0.231. The van der Waals surface area contributed by atoms with Gasteiger partial charge in [0.15, 0.2) is 5.13 Å². The van der Waals surface area contributed by atoms with E-state index >= 15 is 0 Å². The van der Waals surface area contributed by atoms with Crippen LogP contribution in [0.1, 0.15) is 38.0 Å². The number of hydrogen-bond acceptors (Lipinski definition) is 8. The molecule has 0 saturated carbocycles. The fourth-order valence-corrected chi connectivity index (χ4v) is 4.96. The van der Waals surface area contributed by atoms with Crippen LogP contribution in [0.15, 0.2) is 81.1 Å². The molecular weight excluding hydrogens is 494 g/mol. The van der Waals surface area contributed by atoms with Gasteiger partial charge in [-0.3, -0.25) is 9.59 Å². The molecule has 36 heavy (non-hydrogen) atoms. The Bertz CT molecular complexity index is 1430. The zero-order valence-corrected chi connectivity index (χ0v) is 21.9. The zero-order chi connectivity index (χ0) is 25.7. The highest BCUT2D eigenvalue weighted by Gasteiger charge is 2.19. The van der Waals surface area contributed by atoms with E-state index in [0.29, 0.717) is 23.9 Å². The SMILES string of the molecule is C=CC(=O)Nc1ccn(Cc2cccc(Nc3ncc(SCc4ncc(C(C)(C)C)o4)s3)c2)c(=O)c1. The molecule has 3 aromatic heterocycles. The molecule has 0 spiro atoms. The summed E-state index contributed by atoms with van der Waals surface area (Å²) in [5.41, 5.74) is 1.99. The van der Waals surface area contributed by atoms with Gasteiger partial charge in [0.2, 0.25) is 11.8 Å². The number of amides is 1. The van der Waals surface area contributed by atoms with Crippen molar-refractivity contribution >= 4 is 45.5 Å². The Balaban J connectivity index is 1.36. The maximum atomic E-state index is 12.5. The molecule has 10 heteroatoms. The molecule has 0 aliphatic rings. The van der Waals surface area contributed by atoms with E-state index in [2.05, 4.69) is 48.0 Å². The minimum absolute atomic E-state index is 0.0632. The maximum absolute atomic E-state index is 12.5. The monoisotopic (exact) mass is 521 g/mol. The highest BCUT2D eigenvalue weighted by atomic mass is 32.2. The molecule has 0 atom stereocenters. The van der Waals surface area contributed by atoms with E-state index in [1.807, 2.05) is 30.5 Å². The second kappa shape index (κ2) is 11.0. The number of thiazole rings is 1. The highest BCUT2D eigenvalue weighted by Crippen LogP contribution is 2.33. The van der Waals surface area contributed by atoms with Gasteiger partial charge in [-0.2, -0.15) is 0 Å². The fourth-order valence-electron chi connectivity index (χ4n) is 3.22. The first-order valence-corrected chi connectivity index (χ1v) is 13.0. The van der Waals surface area contributed by atoms with E-state index in [1.165, 1.54) is 6.07 Å². The zero-order valence-electron chi connectivity index (χ0n) is 20.3. The van der Waals surface area contributed by atoms with Crippen molar-refractivity contribution in [1.29, 1.82) is 0 Å². The predicted molar refractivity (Wildman–Crippen MR) is 145 cm³/mol. The minimum Gasteiger partial charge on any atom is -0.444 e. The van der Waals surface area contributed by atoms with Crippen LogP contribution in [-0.4, -0.2) is 20.4 Å². The first kappa shape index (κ1) is 25.5. The van der Waals surface area contributed by atoms with E-state index < -0.39 is 0 Å². The third-order valence-electron chi connectivity index (χ3n) is 5.10. The molecule has 0 radical (unpaired) electrons. The van der Waals surface area contributed by atoms with Gasteiger partial charge in [-0.1, -0.05) is 50.8 Å². The largest absolute Gasteiger partial charge is 0.444 e. The van der Waals surface area contributed by atoms with Gasteiger partial charge in [-0.15, -0.1) is 11.8 Å². The van der Waals surface area contributed by atoms with Crippen molar-refractivity contribution in [1.82, 2.24) is 14.5 Å². The molecule has 8 nitrogen and oxygen atoms in total. The second-order valence-electron chi connectivity index (χ2n) is 9.04. The molecule has 0 aliphatic carbocycles. The lowest BCUT2D eigenvalue weighted by Crippen LogP contribution is -2.20. The Morgan fingerprint density at radius 3 is 2.75 bits per heavy atom. The van der Waals surface area contributed by atoms with Crippen molar-refractivity contribution in [3.63, 3.8) is 0 Å².